The molecule has 0 aromatic heterocycles. The first-order chi connectivity index (χ1) is 11.3. The highest BCUT2D eigenvalue weighted by Gasteiger charge is 2.22. The van der Waals surface area contributed by atoms with E-state index in [4.69, 9.17) is 16.3 Å². The monoisotopic (exact) mass is 352 g/mol. The van der Waals surface area contributed by atoms with Crippen molar-refractivity contribution in [2.75, 3.05) is 7.11 Å². The number of nitrogens with zero attached hydrogens (tertiary/aromatic N) is 1. The lowest BCUT2D eigenvalue weighted by molar-refractivity contribution is -0.385. The van der Waals surface area contributed by atoms with Crippen LogP contribution in [0.5, 0.6) is 5.75 Å². The van der Waals surface area contributed by atoms with Gasteiger partial charge >= 0.3 is 0 Å². The number of hydrogen-bond acceptors (Lipinski definition) is 4. The molecule has 2 rings (SSSR count). The summed E-state index contributed by atoms with van der Waals surface area (Å²) in [5.41, 5.74) is -0.0170. The van der Waals surface area contributed by atoms with Gasteiger partial charge in [-0.3, -0.25) is 14.9 Å². The second-order valence-corrected chi connectivity index (χ2v) is 5.44. The highest BCUT2D eigenvalue weighted by atomic mass is 35.5. The Morgan fingerprint density at radius 3 is 2.62 bits per heavy atom. The molecule has 0 aliphatic heterocycles. The van der Waals surface area contributed by atoms with Crippen molar-refractivity contribution < 1.29 is 18.8 Å². The Hall–Kier alpha value is -2.67. The van der Waals surface area contributed by atoms with Crippen LogP contribution >= 0.6 is 11.6 Å². The Bertz CT molecular complexity index is 798. The first kappa shape index (κ1) is 17.7. The van der Waals surface area contributed by atoms with Gasteiger partial charge in [-0.2, -0.15) is 0 Å². The zero-order valence-corrected chi connectivity index (χ0v) is 13.6. The summed E-state index contributed by atoms with van der Waals surface area (Å²) in [4.78, 5) is 22.7. The average Bonchev–Trinajstić information content (AvgIpc) is 2.54. The molecule has 1 atom stereocenters. The summed E-state index contributed by atoms with van der Waals surface area (Å²) in [5, 5.41) is 13.8. The van der Waals surface area contributed by atoms with Crippen LogP contribution in [-0.4, -0.2) is 17.9 Å². The van der Waals surface area contributed by atoms with Crippen molar-refractivity contribution in [2.45, 2.75) is 13.0 Å². The van der Waals surface area contributed by atoms with Crippen molar-refractivity contribution in [3.8, 4) is 5.75 Å². The Morgan fingerprint density at radius 2 is 2.04 bits per heavy atom. The van der Waals surface area contributed by atoms with Gasteiger partial charge in [0.2, 0.25) is 0 Å². The molecular formula is C16H14ClFN2O4. The van der Waals surface area contributed by atoms with Crippen LogP contribution in [0.15, 0.2) is 36.4 Å². The molecule has 0 fully saturated rings. The van der Waals surface area contributed by atoms with Crippen molar-refractivity contribution in [3.63, 3.8) is 0 Å². The summed E-state index contributed by atoms with van der Waals surface area (Å²) in [6.45, 7) is 1.64. The molecule has 0 aliphatic rings. The van der Waals surface area contributed by atoms with E-state index in [-0.39, 0.29) is 16.3 Å². The second kappa shape index (κ2) is 7.27. The van der Waals surface area contributed by atoms with Crippen LogP contribution in [0, 0.1) is 15.9 Å². The standard InChI is InChI=1S/C16H14ClFN2O4/c1-9(10-3-6-15(24-2)13(18)7-10)19-16(21)12-5-4-11(17)8-14(12)20(22)23/h3-9H,1-2H3,(H,19,21)/t9-/m1/s1. The Morgan fingerprint density at radius 1 is 1.33 bits per heavy atom. The van der Waals surface area contributed by atoms with Crippen LogP contribution in [0.4, 0.5) is 10.1 Å². The fraction of sp³-hybridized carbons (Fsp3) is 0.188. The molecule has 24 heavy (non-hydrogen) atoms. The van der Waals surface area contributed by atoms with Crippen molar-refractivity contribution in [1.82, 2.24) is 5.32 Å². The van der Waals surface area contributed by atoms with E-state index in [1.165, 1.54) is 31.4 Å². The Labute approximate surface area is 142 Å². The third-order valence-electron chi connectivity index (χ3n) is 3.42. The lowest BCUT2D eigenvalue weighted by Gasteiger charge is -2.15. The fourth-order valence-electron chi connectivity index (χ4n) is 2.16. The van der Waals surface area contributed by atoms with Crippen LogP contribution in [0.3, 0.4) is 0 Å². The van der Waals surface area contributed by atoms with E-state index in [2.05, 4.69) is 5.32 Å². The van der Waals surface area contributed by atoms with E-state index in [1.54, 1.807) is 13.0 Å². The van der Waals surface area contributed by atoms with Crippen molar-refractivity contribution >= 4 is 23.2 Å². The molecule has 0 bridgehead atoms. The number of methoxy groups -OCH3 is 1. The minimum atomic E-state index is -0.682. The average molecular weight is 353 g/mol. The summed E-state index contributed by atoms with van der Waals surface area (Å²) in [6, 6.07) is 7.49. The number of halogens is 2. The van der Waals surface area contributed by atoms with Crippen molar-refractivity contribution in [3.05, 3.63) is 68.5 Å². The van der Waals surface area contributed by atoms with Gasteiger partial charge in [-0.05, 0) is 36.8 Å². The molecule has 2 aromatic rings. The number of nitro benzene ring substituents is 1. The van der Waals surface area contributed by atoms with Crippen LogP contribution in [0.2, 0.25) is 5.02 Å². The number of amides is 1. The smallest absolute Gasteiger partial charge is 0.283 e. The van der Waals surface area contributed by atoms with E-state index >= 15 is 0 Å². The maximum absolute atomic E-state index is 13.7. The topological polar surface area (TPSA) is 81.5 Å². The number of ether oxygens (including phenoxy) is 1. The minimum Gasteiger partial charge on any atom is -0.494 e. The van der Waals surface area contributed by atoms with Crippen LogP contribution in [-0.2, 0) is 0 Å². The van der Waals surface area contributed by atoms with Crippen molar-refractivity contribution in [2.24, 2.45) is 0 Å². The third kappa shape index (κ3) is 3.80. The molecule has 0 radical (unpaired) electrons. The fourth-order valence-corrected chi connectivity index (χ4v) is 2.32. The number of nitrogens with one attached hydrogen (secondary N) is 1. The molecule has 0 saturated heterocycles. The molecule has 0 unspecified atom stereocenters. The van der Waals surface area contributed by atoms with Crippen LogP contribution < -0.4 is 10.1 Å². The SMILES string of the molecule is COc1ccc([C@@H](C)NC(=O)c2ccc(Cl)cc2[N+](=O)[O-])cc1F. The molecule has 0 saturated carbocycles. The van der Waals surface area contributed by atoms with Gasteiger partial charge in [0.1, 0.15) is 5.56 Å². The second-order valence-electron chi connectivity index (χ2n) is 5.01. The molecule has 1 N–H and O–H groups in total. The lowest BCUT2D eigenvalue weighted by atomic mass is 10.1. The van der Waals surface area contributed by atoms with Gasteiger partial charge in [0.15, 0.2) is 11.6 Å². The summed E-state index contributed by atoms with van der Waals surface area (Å²) in [5.74, 6) is -1.12. The Kier molecular flexibility index (Phi) is 5.35. The molecular weight excluding hydrogens is 339 g/mol. The van der Waals surface area contributed by atoms with Gasteiger partial charge in [0.25, 0.3) is 11.6 Å². The van der Waals surface area contributed by atoms with Gasteiger partial charge in [-0.15, -0.1) is 0 Å². The molecule has 1 amide bonds. The summed E-state index contributed by atoms with van der Waals surface area (Å²) >= 11 is 5.72. The number of benzene rings is 2. The molecule has 2 aromatic carbocycles. The highest BCUT2D eigenvalue weighted by Crippen LogP contribution is 2.25. The van der Waals surface area contributed by atoms with E-state index in [1.807, 2.05) is 0 Å². The van der Waals surface area contributed by atoms with Gasteiger partial charge in [-0.25, -0.2) is 4.39 Å². The van der Waals surface area contributed by atoms with E-state index in [9.17, 15) is 19.3 Å². The maximum Gasteiger partial charge on any atom is 0.283 e. The summed E-state index contributed by atoms with van der Waals surface area (Å²) < 4.78 is 18.6. The molecule has 126 valence electrons. The van der Waals surface area contributed by atoms with Gasteiger partial charge in [-0.1, -0.05) is 17.7 Å². The Balaban J connectivity index is 2.23. The quantitative estimate of drug-likeness (QED) is 0.653. The molecule has 0 heterocycles. The molecule has 6 nitrogen and oxygen atoms in total. The molecule has 8 heteroatoms. The highest BCUT2D eigenvalue weighted by molar-refractivity contribution is 6.31. The van der Waals surface area contributed by atoms with Gasteiger partial charge in [0, 0.05) is 11.1 Å². The predicted octanol–water partition coefficient (Wildman–Crippen LogP) is 3.89. The predicted molar refractivity (Wildman–Crippen MR) is 86.9 cm³/mol. The molecule has 0 spiro atoms. The zero-order valence-electron chi connectivity index (χ0n) is 12.9. The number of rotatable bonds is 5. The summed E-state index contributed by atoms with van der Waals surface area (Å²) in [6.07, 6.45) is 0. The number of carbonyl (C=O) groups is 1. The summed E-state index contributed by atoms with van der Waals surface area (Å²) in [7, 11) is 1.35. The first-order valence-corrected chi connectivity index (χ1v) is 7.29. The normalized spacial score (nSPS) is 11.7. The third-order valence-corrected chi connectivity index (χ3v) is 3.66. The first-order valence-electron chi connectivity index (χ1n) is 6.91. The van der Waals surface area contributed by atoms with E-state index in [0.29, 0.717) is 5.56 Å². The van der Waals surface area contributed by atoms with Crippen LogP contribution in [0.1, 0.15) is 28.9 Å². The molecule has 0 aliphatic carbocycles. The van der Waals surface area contributed by atoms with E-state index < -0.39 is 28.4 Å². The minimum absolute atomic E-state index is 0.0885. The maximum atomic E-state index is 13.7. The van der Waals surface area contributed by atoms with Crippen LogP contribution in [0.25, 0.3) is 0 Å². The number of nitro groups is 1. The van der Waals surface area contributed by atoms with Gasteiger partial charge < -0.3 is 10.1 Å². The van der Waals surface area contributed by atoms with Crippen molar-refractivity contribution in [1.29, 1.82) is 0 Å². The zero-order chi connectivity index (χ0) is 17.9. The van der Waals surface area contributed by atoms with E-state index in [0.717, 1.165) is 6.07 Å². The van der Waals surface area contributed by atoms with Gasteiger partial charge in [0.05, 0.1) is 18.1 Å². The number of hydrogen-bond donors (Lipinski definition) is 1. The number of carbonyl (C=O) groups excluding carboxylic acids is 1. The largest absolute Gasteiger partial charge is 0.494 e. The lowest BCUT2D eigenvalue weighted by Crippen LogP contribution is -2.27.